The number of carbonyl (C=O) groups is 2. The molecule has 0 unspecified atom stereocenters. The van der Waals surface area contributed by atoms with E-state index in [1.807, 2.05) is 6.07 Å². The van der Waals surface area contributed by atoms with Crippen LogP contribution >= 0.6 is 0 Å². The van der Waals surface area contributed by atoms with Crippen LogP contribution in [0.2, 0.25) is 0 Å². The molecule has 4 heteroatoms. The summed E-state index contributed by atoms with van der Waals surface area (Å²) in [5, 5.41) is 9.30. The van der Waals surface area contributed by atoms with Crippen LogP contribution in [0.15, 0.2) is 24.3 Å². The molecule has 1 fully saturated rings. The van der Waals surface area contributed by atoms with Crippen molar-refractivity contribution in [1.82, 2.24) is 4.90 Å². The first-order chi connectivity index (χ1) is 8.15. The number of piperidine rings is 1. The van der Waals surface area contributed by atoms with Crippen LogP contribution in [0.25, 0.3) is 0 Å². The molecule has 90 valence electrons. The maximum atomic E-state index is 11.9. The van der Waals surface area contributed by atoms with Crippen molar-refractivity contribution >= 4 is 11.7 Å². The number of rotatable bonds is 2. The Morgan fingerprint density at radius 2 is 2.00 bits per heavy atom. The summed E-state index contributed by atoms with van der Waals surface area (Å²) in [5.74, 6) is 0.415. The Bertz CT molecular complexity index is 432. The highest BCUT2D eigenvalue weighted by Gasteiger charge is 2.20. The highest BCUT2D eigenvalue weighted by molar-refractivity contribution is 5.84. The van der Waals surface area contributed by atoms with Gasteiger partial charge in [-0.15, -0.1) is 0 Å². The number of ketones is 1. The monoisotopic (exact) mass is 233 g/mol. The standard InChI is InChI=1S/C13H15NO3/c15-11-4-6-14(7-5-11)13(17)9-10-2-1-3-12(16)8-10/h1-3,8,16H,4-7,9H2. The second-order valence-electron chi connectivity index (χ2n) is 4.27. The van der Waals surface area contributed by atoms with E-state index in [0.717, 1.165) is 5.56 Å². The van der Waals surface area contributed by atoms with Crippen molar-refractivity contribution in [3.63, 3.8) is 0 Å². The smallest absolute Gasteiger partial charge is 0.227 e. The molecule has 1 heterocycles. The van der Waals surface area contributed by atoms with Gasteiger partial charge in [-0.05, 0) is 17.7 Å². The Labute approximate surface area is 99.9 Å². The van der Waals surface area contributed by atoms with E-state index in [0.29, 0.717) is 25.9 Å². The molecule has 0 spiro atoms. The molecule has 0 atom stereocenters. The minimum absolute atomic E-state index is 0.0168. The van der Waals surface area contributed by atoms with Gasteiger partial charge in [0, 0.05) is 25.9 Å². The van der Waals surface area contributed by atoms with E-state index < -0.39 is 0 Å². The van der Waals surface area contributed by atoms with Gasteiger partial charge in [0.1, 0.15) is 11.5 Å². The Morgan fingerprint density at radius 3 is 2.65 bits per heavy atom. The van der Waals surface area contributed by atoms with Gasteiger partial charge in [0.15, 0.2) is 0 Å². The third-order valence-electron chi connectivity index (χ3n) is 2.94. The quantitative estimate of drug-likeness (QED) is 0.833. The van der Waals surface area contributed by atoms with Crippen LogP contribution in [0.4, 0.5) is 0 Å². The summed E-state index contributed by atoms with van der Waals surface area (Å²) in [7, 11) is 0. The molecule has 1 N–H and O–H groups in total. The molecule has 1 aromatic carbocycles. The first-order valence-electron chi connectivity index (χ1n) is 5.72. The lowest BCUT2D eigenvalue weighted by Crippen LogP contribution is -2.39. The van der Waals surface area contributed by atoms with Crippen molar-refractivity contribution in [1.29, 1.82) is 0 Å². The summed E-state index contributed by atoms with van der Waals surface area (Å²) >= 11 is 0. The van der Waals surface area contributed by atoms with Crippen molar-refractivity contribution in [3.8, 4) is 5.75 Å². The molecule has 2 rings (SSSR count). The van der Waals surface area contributed by atoms with E-state index in [-0.39, 0.29) is 23.9 Å². The summed E-state index contributed by atoms with van der Waals surface area (Å²) in [6.45, 7) is 1.05. The fourth-order valence-electron chi connectivity index (χ4n) is 1.96. The number of phenols is 1. The third-order valence-corrected chi connectivity index (χ3v) is 2.94. The summed E-state index contributed by atoms with van der Waals surface area (Å²) < 4.78 is 0. The summed E-state index contributed by atoms with van der Waals surface area (Å²) in [5.41, 5.74) is 0.798. The molecular formula is C13H15NO3. The van der Waals surface area contributed by atoms with Crippen molar-refractivity contribution in [2.75, 3.05) is 13.1 Å². The van der Waals surface area contributed by atoms with E-state index in [9.17, 15) is 14.7 Å². The van der Waals surface area contributed by atoms with Crippen LogP contribution in [0, 0.1) is 0 Å². The van der Waals surface area contributed by atoms with Crippen LogP contribution in [0.1, 0.15) is 18.4 Å². The second-order valence-corrected chi connectivity index (χ2v) is 4.27. The van der Waals surface area contributed by atoms with Crippen LogP contribution in [-0.2, 0) is 16.0 Å². The van der Waals surface area contributed by atoms with Gasteiger partial charge < -0.3 is 10.0 Å². The molecule has 1 amide bonds. The summed E-state index contributed by atoms with van der Waals surface area (Å²) in [4.78, 5) is 24.7. The number of likely N-dealkylation sites (tertiary alicyclic amines) is 1. The van der Waals surface area contributed by atoms with Gasteiger partial charge in [-0.3, -0.25) is 9.59 Å². The SMILES string of the molecule is O=C1CCN(C(=O)Cc2cccc(O)c2)CC1. The number of carbonyl (C=O) groups excluding carboxylic acids is 2. The molecule has 1 saturated heterocycles. The van der Waals surface area contributed by atoms with E-state index in [1.54, 1.807) is 23.1 Å². The maximum absolute atomic E-state index is 11.9. The zero-order valence-electron chi connectivity index (χ0n) is 9.56. The van der Waals surface area contributed by atoms with Crippen molar-refractivity contribution < 1.29 is 14.7 Å². The molecule has 0 saturated carbocycles. The zero-order valence-corrected chi connectivity index (χ0v) is 9.56. The van der Waals surface area contributed by atoms with Gasteiger partial charge >= 0.3 is 0 Å². The number of phenolic OH excluding ortho intramolecular Hbond substituents is 1. The van der Waals surface area contributed by atoms with Crippen LogP contribution < -0.4 is 0 Å². The molecule has 1 aliphatic heterocycles. The van der Waals surface area contributed by atoms with Crippen molar-refractivity contribution in [3.05, 3.63) is 29.8 Å². The highest BCUT2D eigenvalue weighted by atomic mass is 16.3. The predicted molar refractivity (Wildman–Crippen MR) is 62.6 cm³/mol. The largest absolute Gasteiger partial charge is 0.508 e. The van der Waals surface area contributed by atoms with Gasteiger partial charge in [-0.1, -0.05) is 12.1 Å². The van der Waals surface area contributed by atoms with Crippen LogP contribution in [0.3, 0.4) is 0 Å². The maximum Gasteiger partial charge on any atom is 0.227 e. The highest BCUT2D eigenvalue weighted by Crippen LogP contribution is 2.13. The van der Waals surface area contributed by atoms with Gasteiger partial charge in [-0.2, -0.15) is 0 Å². The lowest BCUT2D eigenvalue weighted by atomic mass is 10.1. The van der Waals surface area contributed by atoms with Crippen LogP contribution in [0.5, 0.6) is 5.75 Å². The Kier molecular flexibility index (Phi) is 3.42. The van der Waals surface area contributed by atoms with Crippen molar-refractivity contribution in [2.45, 2.75) is 19.3 Å². The minimum atomic E-state index is 0.0168. The van der Waals surface area contributed by atoms with Crippen molar-refractivity contribution in [2.24, 2.45) is 0 Å². The molecule has 0 aromatic heterocycles. The topological polar surface area (TPSA) is 57.6 Å². The van der Waals surface area contributed by atoms with Gasteiger partial charge in [0.05, 0.1) is 6.42 Å². The number of aromatic hydroxyl groups is 1. The number of hydrogen-bond acceptors (Lipinski definition) is 3. The average molecular weight is 233 g/mol. The number of nitrogens with zero attached hydrogens (tertiary/aromatic N) is 1. The first kappa shape index (κ1) is 11.6. The molecule has 1 aliphatic rings. The average Bonchev–Trinajstić information content (AvgIpc) is 2.29. The van der Waals surface area contributed by atoms with Gasteiger partial charge in [-0.25, -0.2) is 0 Å². The molecule has 1 aromatic rings. The zero-order chi connectivity index (χ0) is 12.3. The van der Waals surface area contributed by atoms with Gasteiger partial charge in [0.25, 0.3) is 0 Å². The Balaban J connectivity index is 1.95. The fourth-order valence-corrected chi connectivity index (χ4v) is 1.96. The van der Waals surface area contributed by atoms with E-state index in [4.69, 9.17) is 0 Å². The molecule has 0 aliphatic carbocycles. The number of hydrogen-bond donors (Lipinski definition) is 1. The Hall–Kier alpha value is -1.84. The minimum Gasteiger partial charge on any atom is -0.508 e. The molecule has 0 radical (unpaired) electrons. The van der Waals surface area contributed by atoms with E-state index in [2.05, 4.69) is 0 Å². The third kappa shape index (κ3) is 3.06. The van der Waals surface area contributed by atoms with Crippen LogP contribution in [-0.4, -0.2) is 34.8 Å². The van der Waals surface area contributed by atoms with Gasteiger partial charge in [0.2, 0.25) is 5.91 Å². The molecule has 17 heavy (non-hydrogen) atoms. The lowest BCUT2D eigenvalue weighted by molar-refractivity contribution is -0.133. The normalized spacial score (nSPS) is 16.0. The first-order valence-corrected chi connectivity index (χ1v) is 5.72. The lowest BCUT2D eigenvalue weighted by Gasteiger charge is -2.26. The van der Waals surface area contributed by atoms with E-state index >= 15 is 0 Å². The summed E-state index contributed by atoms with van der Waals surface area (Å²) in [6.07, 6.45) is 1.21. The fraction of sp³-hybridized carbons (Fsp3) is 0.385. The number of amides is 1. The number of Topliss-reactive ketones (excluding diaryl/α,β-unsaturated/α-hetero) is 1. The molecular weight excluding hydrogens is 218 g/mol. The summed E-state index contributed by atoms with van der Waals surface area (Å²) in [6, 6.07) is 6.70. The predicted octanol–water partition coefficient (Wildman–Crippen LogP) is 1.13. The molecule has 0 bridgehead atoms. The molecule has 4 nitrogen and oxygen atoms in total. The van der Waals surface area contributed by atoms with E-state index in [1.165, 1.54) is 0 Å². The number of benzene rings is 1. The Morgan fingerprint density at radius 1 is 1.29 bits per heavy atom. The second kappa shape index (κ2) is 4.99.